The molecule has 2 heterocycles. The van der Waals surface area contributed by atoms with Gasteiger partial charge in [-0.15, -0.1) is 0 Å². The summed E-state index contributed by atoms with van der Waals surface area (Å²) in [4.78, 5) is 7.53. The van der Waals surface area contributed by atoms with E-state index >= 15 is 0 Å². The van der Waals surface area contributed by atoms with Gasteiger partial charge in [-0.2, -0.15) is 4.39 Å². The van der Waals surface area contributed by atoms with E-state index in [9.17, 15) is 4.39 Å². The molecule has 0 radical (unpaired) electrons. The van der Waals surface area contributed by atoms with E-state index in [1.807, 2.05) is 0 Å². The topological polar surface area (TPSA) is 75.5 Å². The van der Waals surface area contributed by atoms with E-state index in [1.54, 1.807) is 24.5 Å². The van der Waals surface area contributed by atoms with Gasteiger partial charge in [-0.05, 0) is 24.3 Å². The Hall–Kier alpha value is -1.99. The van der Waals surface area contributed by atoms with Crippen molar-refractivity contribution in [1.82, 2.24) is 9.97 Å². The van der Waals surface area contributed by atoms with Crippen LogP contribution in [0, 0.1) is 5.95 Å². The average Bonchev–Trinajstić information content (AvgIpc) is 2.32. The molecular formula is C10H8BFN2O3. The fourth-order valence-electron chi connectivity index (χ4n) is 1.30. The van der Waals surface area contributed by atoms with Gasteiger partial charge >= 0.3 is 7.32 Å². The van der Waals surface area contributed by atoms with Crippen LogP contribution in [0.15, 0.2) is 36.7 Å². The SMILES string of the molecule is OB(O)Oc1ccc(-c2cccnc2)nc1F. The van der Waals surface area contributed by atoms with Gasteiger partial charge in [-0.1, -0.05) is 0 Å². The Morgan fingerprint density at radius 1 is 1.24 bits per heavy atom. The van der Waals surface area contributed by atoms with Crippen LogP contribution in [0.1, 0.15) is 0 Å². The van der Waals surface area contributed by atoms with Crippen LogP contribution >= 0.6 is 0 Å². The first kappa shape index (κ1) is 11.5. The fourth-order valence-corrected chi connectivity index (χ4v) is 1.30. The van der Waals surface area contributed by atoms with E-state index in [2.05, 4.69) is 14.6 Å². The Bertz CT molecular complexity index is 510. The number of pyridine rings is 2. The quantitative estimate of drug-likeness (QED) is 0.601. The van der Waals surface area contributed by atoms with Crippen molar-refractivity contribution in [2.24, 2.45) is 0 Å². The van der Waals surface area contributed by atoms with Crippen molar-refractivity contribution in [3.8, 4) is 17.0 Å². The molecule has 0 aliphatic rings. The van der Waals surface area contributed by atoms with Crippen molar-refractivity contribution in [3.05, 3.63) is 42.6 Å². The lowest BCUT2D eigenvalue weighted by Gasteiger charge is -2.06. The van der Waals surface area contributed by atoms with Crippen LogP contribution in [0.4, 0.5) is 4.39 Å². The van der Waals surface area contributed by atoms with Crippen LogP contribution in [-0.4, -0.2) is 27.3 Å². The smallest absolute Gasteiger partial charge is 0.508 e. The molecule has 5 nitrogen and oxygen atoms in total. The summed E-state index contributed by atoms with van der Waals surface area (Å²) in [5.74, 6) is -1.24. The zero-order valence-corrected chi connectivity index (χ0v) is 8.62. The average molecular weight is 234 g/mol. The fraction of sp³-hybridized carbons (Fsp3) is 0. The summed E-state index contributed by atoms with van der Waals surface area (Å²) in [6, 6.07) is 6.20. The monoisotopic (exact) mass is 234 g/mol. The first-order valence-electron chi connectivity index (χ1n) is 4.76. The van der Waals surface area contributed by atoms with Crippen LogP contribution in [0.2, 0.25) is 0 Å². The minimum absolute atomic E-state index is 0.326. The Morgan fingerprint density at radius 2 is 2.06 bits per heavy atom. The standard InChI is InChI=1S/C10H8BFN2O3/c12-10-9(17-11(15)16)4-3-8(14-10)7-2-1-5-13-6-7/h1-6,15-16H. The normalized spacial score (nSPS) is 10.1. The molecule has 7 heteroatoms. The van der Waals surface area contributed by atoms with Gasteiger partial charge in [0, 0.05) is 18.0 Å². The molecule has 0 aliphatic heterocycles. The summed E-state index contributed by atoms with van der Waals surface area (Å²) in [7, 11) is -2.07. The van der Waals surface area contributed by atoms with Crippen molar-refractivity contribution in [1.29, 1.82) is 0 Å². The van der Waals surface area contributed by atoms with Crippen molar-refractivity contribution < 1.29 is 19.1 Å². The van der Waals surface area contributed by atoms with Crippen LogP contribution < -0.4 is 4.65 Å². The van der Waals surface area contributed by atoms with Gasteiger partial charge in [0.15, 0.2) is 5.75 Å². The lowest BCUT2D eigenvalue weighted by molar-refractivity contribution is 0.280. The predicted octanol–water partition coefficient (Wildman–Crippen LogP) is 0.631. The van der Waals surface area contributed by atoms with Crippen molar-refractivity contribution in [2.45, 2.75) is 0 Å². The van der Waals surface area contributed by atoms with E-state index in [-0.39, 0.29) is 5.75 Å². The molecule has 0 unspecified atom stereocenters. The summed E-state index contributed by atoms with van der Waals surface area (Å²) in [6.45, 7) is 0. The van der Waals surface area contributed by atoms with Gasteiger partial charge < -0.3 is 14.7 Å². The molecule has 86 valence electrons. The van der Waals surface area contributed by atoms with Gasteiger partial charge in [-0.3, -0.25) is 4.98 Å². The minimum Gasteiger partial charge on any atom is -0.508 e. The van der Waals surface area contributed by atoms with Crippen LogP contribution in [0.5, 0.6) is 5.75 Å². The maximum atomic E-state index is 13.4. The molecule has 2 aromatic rings. The Kier molecular flexibility index (Phi) is 3.31. The van der Waals surface area contributed by atoms with E-state index in [0.29, 0.717) is 11.3 Å². The molecule has 0 saturated heterocycles. The summed E-state index contributed by atoms with van der Waals surface area (Å²) in [6.07, 6.45) is 3.14. The van der Waals surface area contributed by atoms with E-state index in [1.165, 1.54) is 12.1 Å². The van der Waals surface area contributed by atoms with Crippen molar-refractivity contribution >= 4 is 7.32 Å². The summed E-state index contributed by atoms with van der Waals surface area (Å²) < 4.78 is 17.8. The van der Waals surface area contributed by atoms with Crippen molar-refractivity contribution in [2.75, 3.05) is 0 Å². The molecule has 0 amide bonds. The lowest BCUT2D eigenvalue weighted by Crippen LogP contribution is -2.21. The molecule has 0 aliphatic carbocycles. The molecule has 2 rings (SSSR count). The molecule has 0 atom stereocenters. The summed E-state index contributed by atoms with van der Waals surface area (Å²) >= 11 is 0. The van der Waals surface area contributed by atoms with Gasteiger partial charge in [0.2, 0.25) is 0 Å². The molecule has 2 aromatic heterocycles. The van der Waals surface area contributed by atoms with E-state index < -0.39 is 13.3 Å². The molecule has 17 heavy (non-hydrogen) atoms. The molecule has 0 saturated carbocycles. The first-order valence-corrected chi connectivity index (χ1v) is 4.76. The first-order chi connectivity index (χ1) is 8.16. The number of rotatable bonds is 3. The molecular weight excluding hydrogens is 226 g/mol. The maximum absolute atomic E-state index is 13.4. The number of hydrogen-bond donors (Lipinski definition) is 2. The third-order valence-electron chi connectivity index (χ3n) is 2.00. The highest BCUT2D eigenvalue weighted by atomic mass is 19.1. The summed E-state index contributed by atoms with van der Waals surface area (Å²) in [5, 5.41) is 17.1. The highest BCUT2D eigenvalue weighted by Gasteiger charge is 2.16. The van der Waals surface area contributed by atoms with Crippen molar-refractivity contribution in [3.63, 3.8) is 0 Å². The molecule has 0 fully saturated rings. The third kappa shape index (κ3) is 2.77. The largest absolute Gasteiger partial charge is 0.707 e. The lowest BCUT2D eigenvalue weighted by atomic mass is 10.2. The van der Waals surface area contributed by atoms with E-state index in [0.717, 1.165) is 0 Å². The number of hydrogen-bond acceptors (Lipinski definition) is 5. The third-order valence-corrected chi connectivity index (χ3v) is 2.00. The second kappa shape index (κ2) is 4.90. The second-order valence-corrected chi connectivity index (χ2v) is 3.17. The zero-order chi connectivity index (χ0) is 12.3. The van der Waals surface area contributed by atoms with Gasteiger partial charge in [-0.25, -0.2) is 4.98 Å². The predicted molar refractivity (Wildman–Crippen MR) is 58.2 cm³/mol. The van der Waals surface area contributed by atoms with Crippen LogP contribution in [0.3, 0.4) is 0 Å². The molecule has 0 bridgehead atoms. The summed E-state index contributed by atoms with van der Waals surface area (Å²) in [5.41, 5.74) is 1.04. The Balaban J connectivity index is 2.31. The van der Waals surface area contributed by atoms with E-state index in [4.69, 9.17) is 10.0 Å². The number of aromatic nitrogens is 2. The highest BCUT2D eigenvalue weighted by Crippen LogP contribution is 2.21. The number of halogens is 1. The van der Waals surface area contributed by atoms with Crippen LogP contribution in [0.25, 0.3) is 11.3 Å². The second-order valence-electron chi connectivity index (χ2n) is 3.17. The molecule has 2 N–H and O–H groups in total. The Morgan fingerprint density at radius 3 is 2.65 bits per heavy atom. The minimum atomic E-state index is -2.07. The van der Waals surface area contributed by atoms with Gasteiger partial charge in [0.25, 0.3) is 5.95 Å². The maximum Gasteiger partial charge on any atom is 0.707 e. The highest BCUT2D eigenvalue weighted by molar-refractivity contribution is 6.33. The number of nitrogens with zero attached hydrogens (tertiary/aromatic N) is 2. The van der Waals surface area contributed by atoms with Crippen LogP contribution in [-0.2, 0) is 0 Å². The molecule has 0 spiro atoms. The van der Waals surface area contributed by atoms with Gasteiger partial charge in [0.05, 0.1) is 5.69 Å². The zero-order valence-electron chi connectivity index (χ0n) is 8.62. The Labute approximate surface area is 96.7 Å². The molecule has 0 aromatic carbocycles. The van der Waals surface area contributed by atoms with Gasteiger partial charge in [0.1, 0.15) is 0 Å².